The molecular formula is C24H32N2O3. The zero-order valence-electron chi connectivity index (χ0n) is 17.5. The first-order chi connectivity index (χ1) is 14.1. The van der Waals surface area contributed by atoms with Crippen molar-refractivity contribution >= 4 is 5.91 Å². The zero-order chi connectivity index (χ0) is 20.5. The standard InChI is InChI=1S/C24H32N2O3/c1-20(2)29-23-12-7-6-9-21(23)19-25-14-16-26(17-15-25)24(27)13-8-18-28-22-10-4-3-5-11-22/h3-7,9-12,20H,8,13-19H2,1-2H3. The van der Waals surface area contributed by atoms with Crippen molar-refractivity contribution in [3.63, 3.8) is 0 Å². The van der Waals surface area contributed by atoms with E-state index >= 15 is 0 Å². The Balaban J connectivity index is 1.38. The number of nitrogens with zero attached hydrogens (tertiary/aromatic N) is 2. The first-order valence-corrected chi connectivity index (χ1v) is 10.5. The van der Waals surface area contributed by atoms with Gasteiger partial charge in [0.2, 0.25) is 5.91 Å². The molecule has 1 amide bonds. The highest BCUT2D eigenvalue weighted by Crippen LogP contribution is 2.22. The van der Waals surface area contributed by atoms with E-state index in [0.717, 1.165) is 50.6 Å². The second-order valence-corrected chi connectivity index (χ2v) is 7.70. The van der Waals surface area contributed by atoms with Crippen LogP contribution in [0.5, 0.6) is 11.5 Å². The topological polar surface area (TPSA) is 42.0 Å². The van der Waals surface area contributed by atoms with E-state index < -0.39 is 0 Å². The third kappa shape index (κ3) is 6.79. The summed E-state index contributed by atoms with van der Waals surface area (Å²) < 4.78 is 11.6. The number of amides is 1. The van der Waals surface area contributed by atoms with Gasteiger partial charge in [-0.3, -0.25) is 9.69 Å². The quantitative estimate of drug-likeness (QED) is 0.602. The normalized spacial score (nSPS) is 14.8. The highest BCUT2D eigenvalue weighted by Gasteiger charge is 2.21. The molecule has 1 aliphatic heterocycles. The molecule has 3 rings (SSSR count). The molecule has 5 heteroatoms. The Morgan fingerprint density at radius 1 is 0.966 bits per heavy atom. The lowest BCUT2D eigenvalue weighted by Gasteiger charge is -2.35. The van der Waals surface area contributed by atoms with Crippen LogP contribution in [0.25, 0.3) is 0 Å². The lowest BCUT2D eigenvalue weighted by molar-refractivity contribution is -0.133. The molecule has 1 aliphatic rings. The predicted octanol–water partition coefficient (Wildman–Crippen LogP) is 3.98. The zero-order valence-corrected chi connectivity index (χ0v) is 17.5. The maximum Gasteiger partial charge on any atom is 0.222 e. The van der Waals surface area contributed by atoms with Crippen molar-refractivity contribution in [1.29, 1.82) is 0 Å². The Bertz CT molecular complexity index is 756. The monoisotopic (exact) mass is 396 g/mol. The summed E-state index contributed by atoms with van der Waals surface area (Å²) in [5.41, 5.74) is 1.21. The Hall–Kier alpha value is -2.53. The van der Waals surface area contributed by atoms with Gasteiger partial charge in [-0.25, -0.2) is 0 Å². The summed E-state index contributed by atoms with van der Waals surface area (Å²) in [6.07, 6.45) is 1.45. The number of hydrogen-bond donors (Lipinski definition) is 0. The number of piperazine rings is 1. The van der Waals surface area contributed by atoms with E-state index in [0.29, 0.717) is 13.0 Å². The molecule has 0 saturated carbocycles. The molecule has 0 N–H and O–H groups in total. The molecule has 1 saturated heterocycles. The Morgan fingerprint density at radius 3 is 2.38 bits per heavy atom. The Kier molecular flexibility index (Phi) is 7.94. The van der Waals surface area contributed by atoms with Gasteiger partial charge in [0.15, 0.2) is 0 Å². The highest BCUT2D eigenvalue weighted by atomic mass is 16.5. The minimum absolute atomic E-state index is 0.163. The highest BCUT2D eigenvalue weighted by molar-refractivity contribution is 5.76. The molecule has 0 bridgehead atoms. The maximum absolute atomic E-state index is 12.5. The summed E-state index contributed by atoms with van der Waals surface area (Å²) in [5.74, 6) is 2.04. The van der Waals surface area contributed by atoms with Gasteiger partial charge in [-0.1, -0.05) is 36.4 Å². The van der Waals surface area contributed by atoms with Crippen molar-refractivity contribution in [3.8, 4) is 11.5 Å². The fourth-order valence-corrected chi connectivity index (χ4v) is 3.49. The van der Waals surface area contributed by atoms with E-state index in [1.807, 2.05) is 61.2 Å². The molecule has 0 atom stereocenters. The van der Waals surface area contributed by atoms with Crippen molar-refractivity contribution in [2.45, 2.75) is 39.3 Å². The molecule has 2 aromatic rings. The molecule has 0 radical (unpaired) electrons. The molecule has 2 aromatic carbocycles. The Morgan fingerprint density at radius 2 is 1.66 bits per heavy atom. The number of carbonyl (C=O) groups excluding carboxylic acids is 1. The van der Waals surface area contributed by atoms with Gasteiger partial charge in [0.05, 0.1) is 12.7 Å². The summed E-state index contributed by atoms with van der Waals surface area (Å²) in [4.78, 5) is 16.9. The van der Waals surface area contributed by atoms with E-state index in [1.165, 1.54) is 5.56 Å². The molecule has 156 valence electrons. The van der Waals surface area contributed by atoms with Gasteiger partial charge in [-0.2, -0.15) is 0 Å². The van der Waals surface area contributed by atoms with E-state index in [4.69, 9.17) is 9.47 Å². The molecule has 0 aromatic heterocycles. The number of hydrogen-bond acceptors (Lipinski definition) is 4. The summed E-state index contributed by atoms with van der Waals surface area (Å²) in [5, 5.41) is 0. The van der Waals surface area contributed by atoms with E-state index in [9.17, 15) is 4.79 Å². The van der Waals surface area contributed by atoms with Crippen LogP contribution in [0, 0.1) is 0 Å². The first kappa shape index (κ1) is 21.2. The van der Waals surface area contributed by atoms with Gasteiger partial charge in [0.1, 0.15) is 11.5 Å². The third-order valence-corrected chi connectivity index (χ3v) is 5.00. The first-order valence-electron chi connectivity index (χ1n) is 10.5. The molecule has 0 aliphatic carbocycles. The third-order valence-electron chi connectivity index (χ3n) is 5.00. The summed E-state index contributed by atoms with van der Waals surface area (Å²) in [6.45, 7) is 8.87. The van der Waals surface area contributed by atoms with Gasteiger partial charge >= 0.3 is 0 Å². The van der Waals surface area contributed by atoms with E-state index in [-0.39, 0.29) is 12.0 Å². The fraction of sp³-hybridized carbons (Fsp3) is 0.458. The smallest absolute Gasteiger partial charge is 0.222 e. The predicted molar refractivity (Wildman–Crippen MR) is 115 cm³/mol. The lowest BCUT2D eigenvalue weighted by Crippen LogP contribution is -2.48. The summed E-state index contributed by atoms with van der Waals surface area (Å²) in [7, 11) is 0. The maximum atomic E-state index is 12.5. The van der Waals surface area contributed by atoms with Crippen LogP contribution >= 0.6 is 0 Å². The van der Waals surface area contributed by atoms with Gasteiger partial charge < -0.3 is 14.4 Å². The van der Waals surface area contributed by atoms with Crippen molar-refractivity contribution in [3.05, 3.63) is 60.2 Å². The number of ether oxygens (including phenoxy) is 2. The molecule has 0 spiro atoms. The van der Waals surface area contributed by atoms with Crippen LogP contribution in [0.3, 0.4) is 0 Å². The average Bonchev–Trinajstić information content (AvgIpc) is 2.73. The number of benzene rings is 2. The minimum atomic E-state index is 0.163. The van der Waals surface area contributed by atoms with Gasteiger partial charge in [-0.05, 0) is 38.5 Å². The Labute approximate surface area is 174 Å². The van der Waals surface area contributed by atoms with E-state index in [1.54, 1.807) is 0 Å². The second kappa shape index (κ2) is 10.9. The fourth-order valence-electron chi connectivity index (χ4n) is 3.49. The van der Waals surface area contributed by atoms with Crippen LogP contribution in [-0.2, 0) is 11.3 Å². The van der Waals surface area contributed by atoms with Crippen molar-refractivity contribution in [2.24, 2.45) is 0 Å². The van der Waals surface area contributed by atoms with Crippen LogP contribution in [0.15, 0.2) is 54.6 Å². The van der Waals surface area contributed by atoms with Crippen molar-refractivity contribution in [1.82, 2.24) is 9.80 Å². The van der Waals surface area contributed by atoms with Gasteiger partial charge in [0, 0.05) is 44.7 Å². The lowest BCUT2D eigenvalue weighted by atomic mass is 10.1. The molecule has 1 fully saturated rings. The van der Waals surface area contributed by atoms with Crippen LogP contribution in [-0.4, -0.2) is 54.6 Å². The van der Waals surface area contributed by atoms with Crippen LogP contribution < -0.4 is 9.47 Å². The van der Waals surface area contributed by atoms with Gasteiger partial charge in [0.25, 0.3) is 0 Å². The van der Waals surface area contributed by atoms with Crippen LogP contribution in [0.1, 0.15) is 32.3 Å². The minimum Gasteiger partial charge on any atom is -0.494 e. The number of rotatable bonds is 9. The SMILES string of the molecule is CC(C)Oc1ccccc1CN1CCN(C(=O)CCCOc2ccccc2)CC1. The van der Waals surface area contributed by atoms with Crippen LogP contribution in [0.4, 0.5) is 0 Å². The van der Waals surface area contributed by atoms with E-state index in [2.05, 4.69) is 17.0 Å². The van der Waals surface area contributed by atoms with Crippen molar-refractivity contribution in [2.75, 3.05) is 32.8 Å². The van der Waals surface area contributed by atoms with Crippen molar-refractivity contribution < 1.29 is 14.3 Å². The average molecular weight is 397 g/mol. The molecular weight excluding hydrogens is 364 g/mol. The molecule has 5 nitrogen and oxygen atoms in total. The molecule has 29 heavy (non-hydrogen) atoms. The second-order valence-electron chi connectivity index (χ2n) is 7.70. The van der Waals surface area contributed by atoms with Gasteiger partial charge in [-0.15, -0.1) is 0 Å². The molecule has 1 heterocycles. The number of para-hydroxylation sites is 2. The summed E-state index contributed by atoms with van der Waals surface area (Å²) in [6, 6.07) is 18.0. The largest absolute Gasteiger partial charge is 0.494 e. The number of carbonyl (C=O) groups is 1. The van der Waals surface area contributed by atoms with Crippen LogP contribution in [0.2, 0.25) is 0 Å². The molecule has 0 unspecified atom stereocenters. The summed E-state index contributed by atoms with van der Waals surface area (Å²) >= 11 is 0.